The minimum Gasteiger partial charge on any atom is -0.354 e. The number of carbonyl (C=O) groups is 1. The Bertz CT molecular complexity index is 1610. The molecule has 5 rings (SSSR count). The Labute approximate surface area is 215 Å². The van der Waals surface area contributed by atoms with E-state index in [4.69, 9.17) is 0 Å². The highest BCUT2D eigenvalue weighted by Gasteiger charge is 2.25. The Morgan fingerprint density at radius 2 is 1.30 bits per heavy atom. The van der Waals surface area contributed by atoms with Crippen LogP contribution in [0.5, 0.6) is 0 Å². The summed E-state index contributed by atoms with van der Waals surface area (Å²) < 4.78 is 1.22. The summed E-state index contributed by atoms with van der Waals surface area (Å²) in [6.07, 6.45) is 0. The quantitative estimate of drug-likeness (QED) is 0.290. The molecule has 37 heavy (non-hydrogen) atoms. The van der Waals surface area contributed by atoms with Crippen molar-refractivity contribution >= 4 is 23.0 Å². The molecule has 0 radical (unpaired) electrons. The third-order valence-corrected chi connectivity index (χ3v) is 6.09. The standard InChI is InChI=1S/C31H26N4O2/c1-21-17-19-24(20-18-21)32-25-15-9-10-16-26(25)33-30(36)28-27(22-11-5-3-6-12-22)29(34-35(2)31(28)37)23-13-7-4-8-14-23/h3-20,32H,1-2H3,(H,33,36). The minimum atomic E-state index is -0.503. The van der Waals surface area contributed by atoms with Gasteiger partial charge in [-0.05, 0) is 36.8 Å². The van der Waals surface area contributed by atoms with E-state index in [2.05, 4.69) is 15.7 Å². The first-order valence-electron chi connectivity index (χ1n) is 12.0. The zero-order chi connectivity index (χ0) is 25.8. The topological polar surface area (TPSA) is 76.0 Å². The van der Waals surface area contributed by atoms with Gasteiger partial charge in [0.2, 0.25) is 0 Å². The van der Waals surface area contributed by atoms with E-state index in [1.807, 2.05) is 110 Å². The molecule has 6 heteroatoms. The fraction of sp³-hybridized carbons (Fsp3) is 0.0645. The van der Waals surface area contributed by atoms with Gasteiger partial charge in [-0.15, -0.1) is 0 Å². The normalized spacial score (nSPS) is 10.6. The van der Waals surface area contributed by atoms with E-state index >= 15 is 0 Å². The Balaban J connectivity index is 1.61. The third-order valence-electron chi connectivity index (χ3n) is 6.09. The molecule has 0 aliphatic rings. The molecular formula is C31H26N4O2. The van der Waals surface area contributed by atoms with Gasteiger partial charge in [0, 0.05) is 23.9 Å². The molecule has 0 unspecified atom stereocenters. The van der Waals surface area contributed by atoms with Crippen LogP contribution in [0.15, 0.2) is 114 Å². The minimum absolute atomic E-state index is 0.0349. The lowest BCUT2D eigenvalue weighted by Gasteiger charge is -2.17. The van der Waals surface area contributed by atoms with E-state index in [0.29, 0.717) is 16.9 Å². The van der Waals surface area contributed by atoms with Crippen LogP contribution in [-0.4, -0.2) is 15.7 Å². The van der Waals surface area contributed by atoms with Gasteiger partial charge in [0.1, 0.15) is 5.56 Å². The maximum absolute atomic E-state index is 13.8. The number of aromatic nitrogens is 2. The van der Waals surface area contributed by atoms with Gasteiger partial charge in [-0.25, -0.2) is 4.68 Å². The van der Waals surface area contributed by atoms with Crippen LogP contribution in [0.25, 0.3) is 22.4 Å². The maximum Gasteiger partial charge on any atom is 0.280 e. The fourth-order valence-electron chi connectivity index (χ4n) is 4.21. The van der Waals surface area contributed by atoms with E-state index in [0.717, 1.165) is 28.1 Å². The number of para-hydroxylation sites is 2. The van der Waals surface area contributed by atoms with E-state index in [9.17, 15) is 9.59 Å². The summed E-state index contributed by atoms with van der Waals surface area (Å²) in [6, 6.07) is 34.4. The van der Waals surface area contributed by atoms with Crippen molar-refractivity contribution in [2.24, 2.45) is 7.05 Å². The summed E-state index contributed by atoms with van der Waals surface area (Å²) in [7, 11) is 1.56. The van der Waals surface area contributed by atoms with Crippen LogP contribution < -0.4 is 16.2 Å². The monoisotopic (exact) mass is 486 g/mol. The van der Waals surface area contributed by atoms with E-state index in [1.165, 1.54) is 4.68 Å². The molecule has 1 amide bonds. The first kappa shape index (κ1) is 23.8. The van der Waals surface area contributed by atoms with Gasteiger partial charge in [-0.3, -0.25) is 9.59 Å². The van der Waals surface area contributed by atoms with Gasteiger partial charge >= 0.3 is 0 Å². The Morgan fingerprint density at radius 1 is 0.730 bits per heavy atom. The first-order chi connectivity index (χ1) is 18.0. The molecule has 0 atom stereocenters. The first-order valence-corrected chi connectivity index (χ1v) is 12.0. The number of hydrogen-bond acceptors (Lipinski definition) is 4. The summed E-state index contributed by atoms with van der Waals surface area (Å²) in [5.74, 6) is -0.503. The van der Waals surface area contributed by atoms with Crippen molar-refractivity contribution in [1.29, 1.82) is 0 Å². The second kappa shape index (κ2) is 10.3. The third kappa shape index (κ3) is 5.04. The summed E-state index contributed by atoms with van der Waals surface area (Å²) in [6.45, 7) is 2.03. The largest absolute Gasteiger partial charge is 0.354 e. The molecule has 0 saturated carbocycles. The molecule has 1 aromatic heterocycles. The average molecular weight is 487 g/mol. The van der Waals surface area contributed by atoms with Crippen molar-refractivity contribution in [2.75, 3.05) is 10.6 Å². The highest BCUT2D eigenvalue weighted by Crippen LogP contribution is 2.33. The second-order valence-corrected chi connectivity index (χ2v) is 8.75. The molecule has 6 nitrogen and oxygen atoms in total. The number of hydrogen-bond donors (Lipinski definition) is 2. The van der Waals surface area contributed by atoms with Crippen LogP contribution >= 0.6 is 0 Å². The van der Waals surface area contributed by atoms with Gasteiger partial charge in [-0.2, -0.15) is 5.10 Å². The van der Waals surface area contributed by atoms with E-state index in [1.54, 1.807) is 13.1 Å². The van der Waals surface area contributed by atoms with Crippen molar-refractivity contribution < 1.29 is 4.79 Å². The van der Waals surface area contributed by atoms with Crippen LogP contribution in [0.2, 0.25) is 0 Å². The van der Waals surface area contributed by atoms with Gasteiger partial charge in [0.15, 0.2) is 0 Å². The summed E-state index contributed by atoms with van der Waals surface area (Å²) in [4.78, 5) is 27.2. The van der Waals surface area contributed by atoms with Crippen LogP contribution in [0.1, 0.15) is 15.9 Å². The van der Waals surface area contributed by atoms with Crippen LogP contribution in [0, 0.1) is 6.92 Å². The zero-order valence-electron chi connectivity index (χ0n) is 20.6. The van der Waals surface area contributed by atoms with Crippen LogP contribution in [0.4, 0.5) is 17.1 Å². The number of amides is 1. The molecule has 1 heterocycles. The number of carbonyl (C=O) groups excluding carboxylic acids is 1. The number of aryl methyl sites for hydroxylation is 2. The maximum atomic E-state index is 13.8. The molecular weight excluding hydrogens is 460 g/mol. The Kier molecular flexibility index (Phi) is 6.64. The Morgan fingerprint density at radius 3 is 1.95 bits per heavy atom. The van der Waals surface area contributed by atoms with E-state index < -0.39 is 11.5 Å². The molecule has 2 N–H and O–H groups in total. The number of rotatable bonds is 6. The molecule has 0 aliphatic heterocycles. The predicted octanol–water partition coefficient (Wildman–Crippen LogP) is 6.42. The predicted molar refractivity (Wildman–Crippen MR) is 149 cm³/mol. The van der Waals surface area contributed by atoms with Crippen molar-refractivity contribution in [2.45, 2.75) is 6.92 Å². The van der Waals surface area contributed by atoms with Crippen molar-refractivity contribution in [1.82, 2.24) is 9.78 Å². The smallest absolute Gasteiger partial charge is 0.280 e. The average Bonchev–Trinajstić information content (AvgIpc) is 2.93. The van der Waals surface area contributed by atoms with Crippen molar-refractivity contribution in [3.63, 3.8) is 0 Å². The molecule has 0 spiro atoms. The van der Waals surface area contributed by atoms with Crippen molar-refractivity contribution in [3.8, 4) is 22.4 Å². The zero-order valence-corrected chi connectivity index (χ0v) is 20.6. The van der Waals surface area contributed by atoms with Crippen LogP contribution in [0.3, 0.4) is 0 Å². The highest BCUT2D eigenvalue weighted by molar-refractivity contribution is 6.11. The summed E-state index contributed by atoms with van der Waals surface area (Å²) in [5, 5.41) is 10.9. The molecule has 4 aromatic carbocycles. The van der Waals surface area contributed by atoms with Crippen LogP contribution in [-0.2, 0) is 7.05 Å². The SMILES string of the molecule is Cc1ccc(Nc2ccccc2NC(=O)c2c(-c3ccccc3)c(-c3ccccc3)nn(C)c2=O)cc1. The number of anilines is 3. The summed E-state index contributed by atoms with van der Waals surface area (Å²) >= 11 is 0. The molecule has 182 valence electrons. The number of benzene rings is 4. The van der Waals surface area contributed by atoms with Gasteiger partial charge in [0.05, 0.1) is 17.1 Å². The molecule has 0 aliphatic carbocycles. The van der Waals surface area contributed by atoms with Gasteiger partial charge in [0.25, 0.3) is 11.5 Å². The lowest BCUT2D eigenvalue weighted by atomic mass is 9.95. The highest BCUT2D eigenvalue weighted by atomic mass is 16.2. The van der Waals surface area contributed by atoms with Gasteiger partial charge in [-0.1, -0.05) is 90.5 Å². The molecule has 0 bridgehead atoms. The lowest BCUT2D eigenvalue weighted by Crippen LogP contribution is -2.31. The van der Waals surface area contributed by atoms with Gasteiger partial charge < -0.3 is 10.6 Å². The van der Waals surface area contributed by atoms with Crippen molar-refractivity contribution in [3.05, 3.63) is 131 Å². The second-order valence-electron chi connectivity index (χ2n) is 8.75. The number of nitrogens with zero attached hydrogens (tertiary/aromatic N) is 2. The lowest BCUT2D eigenvalue weighted by molar-refractivity contribution is 0.102. The molecule has 0 fully saturated rings. The summed E-state index contributed by atoms with van der Waals surface area (Å²) in [5.41, 5.74) is 5.50. The number of nitrogens with one attached hydrogen (secondary N) is 2. The fourth-order valence-corrected chi connectivity index (χ4v) is 4.21. The molecule has 0 saturated heterocycles. The molecule has 5 aromatic rings. The van der Waals surface area contributed by atoms with E-state index in [-0.39, 0.29) is 5.56 Å². The Hall–Kier alpha value is -4.97.